The summed E-state index contributed by atoms with van der Waals surface area (Å²) >= 11 is 0. The van der Waals surface area contributed by atoms with Crippen molar-refractivity contribution in [2.75, 3.05) is 13.2 Å². The van der Waals surface area contributed by atoms with Gasteiger partial charge in [-0.1, -0.05) is 66.7 Å². The van der Waals surface area contributed by atoms with Gasteiger partial charge in [-0.25, -0.2) is 4.57 Å². The molecule has 5 heteroatoms. The Bertz CT molecular complexity index is 772. The largest absolute Gasteiger partial charge is 0.530 e. The number of phosphoric ester groups is 1. The van der Waals surface area contributed by atoms with Gasteiger partial charge in [0.15, 0.2) is 0 Å². The zero-order chi connectivity index (χ0) is 18.8. The van der Waals surface area contributed by atoms with Crippen molar-refractivity contribution in [1.29, 1.82) is 0 Å². The first-order chi connectivity index (χ1) is 12.6. The molecule has 2 aromatic rings. The zero-order valence-electron chi connectivity index (χ0n) is 15.4. The lowest BCUT2D eigenvalue weighted by Gasteiger charge is -2.19. The van der Waals surface area contributed by atoms with E-state index in [1.807, 2.05) is 79.7 Å². The van der Waals surface area contributed by atoms with E-state index in [9.17, 15) is 4.57 Å². The van der Waals surface area contributed by atoms with Gasteiger partial charge in [0.2, 0.25) is 0 Å². The standard InChI is InChI=1S/C21H25O4P/c1-4-23-26(22,24-5-2)25-21(20-14-10-7-11-15-20)17-18(3)16-19-12-8-6-9-13-19/h6-17H,4-5H2,1-3H3/b18-16+,21-17-. The van der Waals surface area contributed by atoms with E-state index in [2.05, 4.69) is 0 Å². The van der Waals surface area contributed by atoms with Gasteiger partial charge in [-0.2, -0.15) is 0 Å². The number of hydrogen-bond acceptors (Lipinski definition) is 4. The van der Waals surface area contributed by atoms with Crippen molar-refractivity contribution < 1.29 is 18.1 Å². The zero-order valence-corrected chi connectivity index (χ0v) is 16.3. The van der Waals surface area contributed by atoms with Gasteiger partial charge in [-0.15, -0.1) is 0 Å². The first kappa shape index (κ1) is 20.2. The van der Waals surface area contributed by atoms with E-state index in [0.29, 0.717) is 5.76 Å². The average Bonchev–Trinajstić information content (AvgIpc) is 2.63. The van der Waals surface area contributed by atoms with Crippen LogP contribution in [0.4, 0.5) is 0 Å². The first-order valence-electron chi connectivity index (χ1n) is 8.65. The van der Waals surface area contributed by atoms with E-state index >= 15 is 0 Å². The minimum Gasteiger partial charge on any atom is -0.403 e. The van der Waals surface area contributed by atoms with Gasteiger partial charge in [-0.3, -0.25) is 9.05 Å². The number of phosphoric acid groups is 1. The number of hydrogen-bond donors (Lipinski definition) is 0. The molecule has 0 saturated carbocycles. The third-order valence-corrected chi connectivity index (χ3v) is 4.96. The molecule has 26 heavy (non-hydrogen) atoms. The molecule has 0 unspecified atom stereocenters. The third kappa shape index (κ3) is 6.30. The molecule has 0 aromatic heterocycles. The lowest BCUT2D eigenvalue weighted by atomic mass is 10.1. The number of benzene rings is 2. The maximum Gasteiger partial charge on any atom is 0.530 e. The van der Waals surface area contributed by atoms with Crippen LogP contribution in [0.5, 0.6) is 0 Å². The van der Waals surface area contributed by atoms with Crippen LogP contribution in [0.3, 0.4) is 0 Å². The molecule has 0 aliphatic carbocycles. The highest BCUT2D eigenvalue weighted by Crippen LogP contribution is 2.52. The Morgan fingerprint density at radius 2 is 1.46 bits per heavy atom. The molecule has 0 amide bonds. The fourth-order valence-corrected chi connectivity index (χ4v) is 3.56. The highest BCUT2D eigenvalue weighted by Gasteiger charge is 2.28. The van der Waals surface area contributed by atoms with Crippen LogP contribution in [-0.2, 0) is 18.1 Å². The van der Waals surface area contributed by atoms with Crippen molar-refractivity contribution in [2.45, 2.75) is 20.8 Å². The molecule has 0 radical (unpaired) electrons. The van der Waals surface area contributed by atoms with E-state index in [1.165, 1.54) is 0 Å². The van der Waals surface area contributed by atoms with Gasteiger partial charge >= 0.3 is 7.82 Å². The summed E-state index contributed by atoms with van der Waals surface area (Å²) in [6, 6.07) is 19.5. The lowest BCUT2D eigenvalue weighted by molar-refractivity contribution is 0.159. The Morgan fingerprint density at radius 1 is 0.923 bits per heavy atom. The van der Waals surface area contributed by atoms with Crippen LogP contribution in [0.2, 0.25) is 0 Å². The molecule has 0 aliphatic rings. The normalized spacial score (nSPS) is 12.9. The maximum absolute atomic E-state index is 12.8. The fraction of sp³-hybridized carbons (Fsp3) is 0.238. The summed E-state index contributed by atoms with van der Waals surface area (Å²) in [5, 5.41) is 0. The molecule has 0 atom stereocenters. The van der Waals surface area contributed by atoms with E-state index in [0.717, 1.165) is 16.7 Å². The fourth-order valence-electron chi connectivity index (χ4n) is 2.35. The molecule has 0 fully saturated rings. The van der Waals surface area contributed by atoms with Crippen LogP contribution in [0.1, 0.15) is 31.9 Å². The topological polar surface area (TPSA) is 44.8 Å². The van der Waals surface area contributed by atoms with E-state index < -0.39 is 7.82 Å². The van der Waals surface area contributed by atoms with Gasteiger partial charge in [0.25, 0.3) is 0 Å². The average molecular weight is 372 g/mol. The van der Waals surface area contributed by atoms with Crippen molar-refractivity contribution in [2.24, 2.45) is 0 Å². The quantitative estimate of drug-likeness (QED) is 0.293. The first-order valence-corrected chi connectivity index (χ1v) is 10.1. The van der Waals surface area contributed by atoms with Gasteiger partial charge in [0, 0.05) is 5.56 Å². The summed E-state index contributed by atoms with van der Waals surface area (Å²) in [7, 11) is -3.68. The molecule has 0 aliphatic heterocycles. The van der Waals surface area contributed by atoms with Crippen molar-refractivity contribution >= 4 is 19.7 Å². The predicted molar refractivity (Wildman–Crippen MR) is 106 cm³/mol. The number of rotatable bonds is 9. The van der Waals surface area contributed by atoms with Crippen LogP contribution >= 0.6 is 7.82 Å². The van der Waals surface area contributed by atoms with Crippen molar-refractivity contribution in [3.05, 3.63) is 83.4 Å². The van der Waals surface area contributed by atoms with E-state index in [-0.39, 0.29) is 13.2 Å². The Balaban J connectivity index is 2.38. The van der Waals surface area contributed by atoms with Gasteiger partial charge in [-0.05, 0) is 38.0 Å². The van der Waals surface area contributed by atoms with Crippen LogP contribution in [0.25, 0.3) is 11.8 Å². The second-order valence-corrected chi connectivity index (χ2v) is 7.14. The van der Waals surface area contributed by atoms with Gasteiger partial charge in [0.1, 0.15) is 5.76 Å². The summed E-state index contributed by atoms with van der Waals surface area (Å²) < 4.78 is 29.1. The van der Waals surface area contributed by atoms with Crippen LogP contribution in [-0.4, -0.2) is 13.2 Å². The minimum atomic E-state index is -3.68. The Labute approximate surface area is 155 Å². The van der Waals surface area contributed by atoms with Gasteiger partial charge < -0.3 is 4.52 Å². The summed E-state index contributed by atoms with van der Waals surface area (Å²) in [6.07, 6.45) is 3.87. The molecule has 0 heterocycles. The van der Waals surface area contributed by atoms with Gasteiger partial charge in [0.05, 0.1) is 13.2 Å². The molecule has 4 nitrogen and oxygen atoms in total. The monoisotopic (exact) mass is 372 g/mol. The second kappa shape index (κ2) is 10.1. The minimum absolute atomic E-state index is 0.234. The molecular formula is C21H25O4P. The Morgan fingerprint density at radius 3 is 2.00 bits per heavy atom. The molecule has 0 spiro atoms. The summed E-state index contributed by atoms with van der Waals surface area (Å²) in [4.78, 5) is 0. The SMILES string of the molecule is CCOP(=O)(OCC)O/C(=C\C(C)=C\c1ccccc1)c1ccccc1. The lowest BCUT2D eigenvalue weighted by Crippen LogP contribution is -2.00. The summed E-state index contributed by atoms with van der Waals surface area (Å²) in [6.45, 7) is 5.94. The van der Waals surface area contributed by atoms with Crippen LogP contribution < -0.4 is 0 Å². The Kier molecular flexibility index (Phi) is 7.86. The van der Waals surface area contributed by atoms with Crippen molar-refractivity contribution in [1.82, 2.24) is 0 Å². The van der Waals surface area contributed by atoms with E-state index in [4.69, 9.17) is 13.6 Å². The number of allylic oxidation sites excluding steroid dienone is 2. The molecule has 0 saturated heterocycles. The summed E-state index contributed by atoms with van der Waals surface area (Å²) in [5.74, 6) is 0.445. The maximum atomic E-state index is 12.8. The van der Waals surface area contributed by atoms with Crippen LogP contribution in [0.15, 0.2) is 72.3 Å². The smallest absolute Gasteiger partial charge is 0.403 e. The Hall–Kier alpha value is -2.13. The molecule has 0 N–H and O–H groups in total. The molecule has 138 valence electrons. The van der Waals surface area contributed by atoms with E-state index in [1.54, 1.807) is 13.8 Å². The predicted octanol–water partition coefficient (Wildman–Crippen LogP) is 6.33. The third-order valence-electron chi connectivity index (χ3n) is 3.40. The molecular weight excluding hydrogens is 347 g/mol. The highest BCUT2D eigenvalue weighted by molar-refractivity contribution is 7.48. The second-order valence-electron chi connectivity index (χ2n) is 5.55. The molecule has 2 rings (SSSR count). The molecule has 2 aromatic carbocycles. The highest BCUT2D eigenvalue weighted by atomic mass is 31.2. The van der Waals surface area contributed by atoms with Crippen molar-refractivity contribution in [3.8, 4) is 0 Å². The van der Waals surface area contributed by atoms with Crippen LogP contribution in [0, 0.1) is 0 Å². The molecule has 0 bridgehead atoms. The van der Waals surface area contributed by atoms with Crippen molar-refractivity contribution in [3.63, 3.8) is 0 Å². The summed E-state index contributed by atoms with van der Waals surface area (Å²) in [5.41, 5.74) is 2.83.